The van der Waals surface area contributed by atoms with Gasteiger partial charge in [-0.3, -0.25) is 19.5 Å². The molecule has 3 rings (SSSR count). The molecule has 2 amide bonds. The Balaban J connectivity index is 1.64. The first-order chi connectivity index (χ1) is 14.3. The van der Waals surface area contributed by atoms with Crippen LogP contribution in [0.2, 0.25) is 0 Å². The molecule has 0 saturated carbocycles. The van der Waals surface area contributed by atoms with Gasteiger partial charge in [-0.2, -0.15) is 0 Å². The zero-order valence-electron chi connectivity index (χ0n) is 17.2. The highest BCUT2D eigenvalue weighted by Crippen LogP contribution is 2.25. The van der Waals surface area contributed by atoms with Crippen LogP contribution in [0.5, 0.6) is 11.5 Å². The standard InChI is InChI=1S/C20H27N3O6S/c1-28-17-5-6-18(29-2)16(14-17)4-7-19(24)22-8-3-9-23(22)20(25)15-21-10-12-30(26,27)13-11-21/h4-7,14H,3,8-13,15H2,1-2H3/b7-4+. The minimum atomic E-state index is -3.00. The lowest BCUT2D eigenvalue weighted by atomic mass is 10.1. The first-order valence-electron chi connectivity index (χ1n) is 9.77. The highest BCUT2D eigenvalue weighted by atomic mass is 32.2. The van der Waals surface area contributed by atoms with Crippen LogP contribution in [0.15, 0.2) is 24.3 Å². The summed E-state index contributed by atoms with van der Waals surface area (Å²) in [6.07, 6.45) is 3.75. The lowest BCUT2D eigenvalue weighted by Gasteiger charge is -2.31. The van der Waals surface area contributed by atoms with Gasteiger partial charge in [-0.05, 0) is 30.7 Å². The van der Waals surface area contributed by atoms with Crippen molar-refractivity contribution >= 4 is 27.7 Å². The topological polar surface area (TPSA) is 96.5 Å². The predicted molar refractivity (Wildman–Crippen MR) is 112 cm³/mol. The van der Waals surface area contributed by atoms with Crippen molar-refractivity contribution in [3.05, 3.63) is 29.8 Å². The average molecular weight is 438 g/mol. The Morgan fingerprint density at radius 1 is 1.03 bits per heavy atom. The van der Waals surface area contributed by atoms with Gasteiger partial charge in [-0.25, -0.2) is 13.4 Å². The van der Waals surface area contributed by atoms with Crippen LogP contribution in [0.3, 0.4) is 0 Å². The van der Waals surface area contributed by atoms with E-state index >= 15 is 0 Å². The van der Waals surface area contributed by atoms with Crippen LogP contribution in [-0.2, 0) is 19.4 Å². The molecule has 1 aromatic carbocycles. The first-order valence-corrected chi connectivity index (χ1v) is 11.6. The third-order valence-corrected chi connectivity index (χ3v) is 6.82. The molecule has 2 aliphatic rings. The number of sulfone groups is 1. The van der Waals surface area contributed by atoms with Gasteiger partial charge in [-0.1, -0.05) is 0 Å². The molecule has 30 heavy (non-hydrogen) atoms. The van der Waals surface area contributed by atoms with E-state index in [1.807, 2.05) is 4.90 Å². The van der Waals surface area contributed by atoms with Crippen molar-refractivity contribution in [2.24, 2.45) is 0 Å². The summed E-state index contributed by atoms with van der Waals surface area (Å²) in [5.41, 5.74) is 0.691. The number of nitrogens with zero attached hydrogens (tertiary/aromatic N) is 3. The third kappa shape index (κ3) is 5.31. The van der Waals surface area contributed by atoms with Gasteiger partial charge in [0, 0.05) is 37.8 Å². The van der Waals surface area contributed by atoms with Gasteiger partial charge in [0.1, 0.15) is 11.5 Å². The van der Waals surface area contributed by atoms with E-state index in [0.717, 1.165) is 0 Å². The Morgan fingerprint density at radius 3 is 2.40 bits per heavy atom. The molecule has 2 heterocycles. The van der Waals surface area contributed by atoms with Crippen molar-refractivity contribution in [3.8, 4) is 11.5 Å². The summed E-state index contributed by atoms with van der Waals surface area (Å²) in [6, 6.07) is 5.29. The van der Waals surface area contributed by atoms with Gasteiger partial charge in [0.25, 0.3) is 11.8 Å². The molecule has 2 fully saturated rings. The minimum Gasteiger partial charge on any atom is -0.497 e. The van der Waals surface area contributed by atoms with E-state index in [4.69, 9.17) is 9.47 Å². The SMILES string of the molecule is COc1ccc(OC)c(/C=C/C(=O)N2CCCN2C(=O)CN2CCS(=O)(=O)CC2)c1. The molecule has 10 heteroatoms. The van der Waals surface area contributed by atoms with Gasteiger partial charge >= 0.3 is 0 Å². The zero-order valence-corrected chi connectivity index (χ0v) is 18.1. The molecule has 2 saturated heterocycles. The number of carbonyl (C=O) groups excluding carboxylic acids is 2. The van der Waals surface area contributed by atoms with E-state index in [1.165, 1.54) is 16.1 Å². The average Bonchev–Trinajstić information content (AvgIpc) is 3.23. The van der Waals surface area contributed by atoms with Crippen LogP contribution in [-0.4, -0.2) is 93.6 Å². The highest BCUT2D eigenvalue weighted by Gasteiger charge is 2.31. The number of carbonyl (C=O) groups is 2. The molecule has 0 radical (unpaired) electrons. The van der Waals surface area contributed by atoms with E-state index in [2.05, 4.69) is 0 Å². The highest BCUT2D eigenvalue weighted by molar-refractivity contribution is 7.91. The minimum absolute atomic E-state index is 0.0635. The Kier molecular flexibility index (Phi) is 6.99. The fourth-order valence-electron chi connectivity index (χ4n) is 3.50. The molecule has 0 N–H and O–H groups in total. The van der Waals surface area contributed by atoms with Crippen LogP contribution in [0.1, 0.15) is 12.0 Å². The summed E-state index contributed by atoms with van der Waals surface area (Å²) in [4.78, 5) is 27.3. The molecule has 9 nitrogen and oxygen atoms in total. The molecule has 0 bridgehead atoms. The maximum absolute atomic E-state index is 12.7. The molecule has 1 aromatic rings. The van der Waals surface area contributed by atoms with Crippen LogP contribution in [0.4, 0.5) is 0 Å². The first kappa shape index (κ1) is 22.1. The number of amides is 2. The van der Waals surface area contributed by atoms with Crippen molar-refractivity contribution < 1.29 is 27.5 Å². The molecule has 0 aliphatic carbocycles. The number of hydrogen-bond donors (Lipinski definition) is 0. The molecule has 0 unspecified atom stereocenters. The Hall–Kier alpha value is -2.59. The van der Waals surface area contributed by atoms with Crippen LogP contribution in [0.25, 0.3) is 6.08 Å². The van der Waals surface area contributed by atoms with E-state index in [1.54, 1.807) is 38.5 Å². The van der Waals surface area contributed by atoms with Gasteiger partial charge in [-0.15, -0.1) is 0 Å². The van der Waals surface area contributed by atoms with E-state index in [9.17, 15) is 18.0 Å². The number of hydrogen-bond acceptors (Lipinski definition) is 7. The molecule has 0 atom stereocenters. The quantitative estimate of drug-likeness (QED) is 0.595. The van der Waals surface area contributed by atoms with Gasteiger partial charge in [0.2, 0.25) is 0 Å². The lowest BCUT2D eigenvalue weighted by molar-refractivity contribution is -0.155. The van der Waals surface area contributed by atoms with E-state index in [0.29, 0.717) is 49.7 Å². The smallest absolute Gasteiger partial charge is 0.265 e. The summed E-state index contributed by atoms with van der Waals surface area (Å²) in [5.74, 6) is 0.875. The normalized spacial score (nSPS) is 19.3. The third-order valence-electron chi connectivity index (χ3n) is 5.21. The van der Waals surface area contributed by atoms with Gasteiger partial charge < -0.3 is 9.47 Å². The maximum atomic E-state index is 12.7. The molecule has 2 aliphatic heterocycles. The maximum Gasteiger partial charge on any atom is 0.265 e. The van der Waals surface area contributed by atoms with Crippen molar-refractivity contribution in [3.63, 3.8) is 0 Å². The predicted octanol–water partition coefficient (Wildman–Crippen LogP) is 0.423. The summed E-state index contributed by atoms with van der Waals surface area (Å²) >= 11 is 0. The Bertz CT molecular complexity index is 916. The number of methoxy groups -OCH3 is 2. The van der Waals surface area contributed by atoms with Crippen molar-refractivity contribution in [1.82, 2.24) is 14.9 Å². The van der Waals surface area contributed by atoms with Crippen molar-refractivity contribution in [1.29, 1.82) is 0 Å². The fourth-order valence-corrected chi connectivity index (χ4v) is 4.78. The molecular formula is C20H27N3O6S. The molecular weight excluding hydrogens is 410 g/mol. The molecule has 0 spiro atoms. The monoisotopic (exact) mass is 437 g/mol. The molecule has 0 aromatic heterocycles. The number of ether oxygens (including phenoxy) is 2. The summed E-state index contributed by atoms with van der Waals surface area (Å²) in [5, 5.41) is 2.89. The summed E-state index contributed by atoms with van der Waals surface area (Å²) in [6.45, 7) is 1.70. The number of rotatable bonds is 6. The second-order valence-electron chi connectivity index (χ2n) is 7.20. The Morgan fingerprint density at radius 2 is 1.73 bits per heavy atom. The van der Waals surface area contributed by atoms with E-state index in [-0.39, 0.29) is 29.9 Å². The number of hydrazine groups is 1. The van der Waals surface area contributed by atoms with Crippen LogP contribution in [0, 0.1) is 0 Å². The van der Waals surface area contributed by atoms with E-state index < -0.39 is 9.84 Å². The second kappa shape index (κ2) is 9.48. The Labute approximate surface area is 176 Å². The molecule has 164 valence electrons. The van der Waals surface area contributed by atoms with Crippen LogP contribution >= 0.6 is 0 Å². The largest absolute Gasteiger partial charge is 0.497 e. The van der Waals surface area contributed by atoms with Crippen molar-refractivity contribution in [2.75, 3.05) is 58.4 Å². The number of benzene rings is 1. The summed E-state index contributed by atoms with van der Waals surface area (Å²) < 4.78 is 33.6. The lowest BCUT2D eigenvalue weighted by Crippen LogP contribution is -2.50. The zero-order chi connectivity index (χ0) is 21.7. The summed E-state index contributed by atoms with van der Waals surface area (Å²) in [7, 11) is 0.112. The van der Waals surface area contributed by atoms with Gasteiger partial charge in [0.15, 0.2) is 9.84 Å². The van der Waals surface area contributed by atoms with Crippen molar-refractivity contribution in [2.45, 2.75) is 6.42 Å². The van der Waals surface area contributed by atoms with Crippen LogP contribution < -0.4 is 9.47 Å². The second-order valence-corrected chi connectivity index (χ2v) is 9.50. The van der Waals surface area contributed by atoms with Gasteiger partial charge in [0.05, 0.1) is 32.3 Å². The fraction of sp³-hybridized carbons (Fsp3) is 0.500.